The summed E-state index contributed by atoms with van der Waals surface area (Å²) >= 11 is 0. The van der Waals surface area contributed by atoms with E-state index in [0.29, 0.717) is 0 Å². The zero-order valence-electron chi connectivity index (χ0n) is 17.7. The third-order valence-electron chi connectivity index (χ3n) is 3.91. The van der Waals surface area contributed by atoms with Gasteiger partial charge in [0, 0.05) is 28.7 Å². The highest BCUT2D eigenvalue weighted by Gasteiger charge is 2.32. The van der Waals surface area contributed by atoms with Crippen molar-refractivity contribution in [1.82, 2.24) is 10.3 Å². The van der Waals surface area contributed by atoms with Crippen molar-refractivity contribution in [3.63, 3.8) is 0 Å². The largest absolute Gasteiger partial charge is 0.468 e. The summed E-state index contributed by atoms with van der Waals surface area (Å²) in [6, 6.07) is 4.95. The summed E-state index contributed by atoms with van der Waals surface area (Å²) in [6.45, 7) is 11.1. The number of alkyl carbamates (subject to hydrolysis) is 1. The standard InChI is InChI=1S/C20H24N2O4.C2H6/c1-7-13-8-9-14-15(11-21-16(14)10-13)17(18(23)25-6)12(2)22-19(24)26-20(3,4)5;1-2/h1,8-12,17,21H,2-6H3,(H,22,24);1-2H3. The fraction of sp³-hybridized carbons (Fsp3) is 0.455. The number of esters is 1. The summed E-state index contributed by atoms with van der Waals surface area (Å²) in [5.74, 6) is 1.43. The van der Waals surface area contributed by atoms with Crippen LogP contribution < -0.4 is 5.32 Å². The van der Waals surface area contributed by atoms with Gasteiger partial charge in [0.25, 0.3) is 0 Å². The van der Waals surface area contributed by atoms with E-state index >= 15 is 0 Å². The van der Waals surface area contributed by atoms with Gasteiger partial charge in [0.05, 0.1) is 7.11 Å². The van der Waals surface area contributed by atoms with Crippen LogP contribution in [0.2, 0.25) is 0 Å². The van der Waals surface area contributed by atoms with E-state index in [4.69, 9.17) is 15.9 Å². The molecule has 2 rings (SSSR count). The van der Waals surface area contributed by atoms with E-state index in [9.17, 15) is 9.59 Å². The van der Waals surface area contributed by atoms with Crippen molar-refractivity contribution in [2.75, 3.05) is 7.11 Å². The Bertz CT molecular complexity index is 856. The molecule has 0 saturated carbocycles. The fourth-order valence-electron chi connectivity index (χ4n) is 2.80. The van der Waals surface area contributed by atoms with E-state index < -0.39 is 29.6 Å². The molecule has 2 aromatic rings. The van der Waals surface area contributed by atoms with Crippen molar-refractivity contribution < 1.29 is 19.1 Å². The molecule has 0 radical (unpaired) electrons. The number of carbonyl (C=O) groups is 2. The first-order valence-electron chi connectivity index (χ1n) is 9.31. The predicted octanol–water partition coefficient (Wildman–Crippen LogP) is 4.35. The van der Waals surface area contributed by atoms with Crippen LogP contribution >= 0.6 is 0 Å². The van der Waals surface area contributed by atoms with E-state index in [1.165, 1.54) is 7.11 Å². The number of hydrogen-bond donors (Lipinski definition) is 2. The summed E-state index contributed by atoms with van der Waals surface area (Å²) in [5, 5.41) is 3.56. The molecule has 0 aliphatic carbocycles. The lowest BCUT2D eigenvalue weighted by Crippen LogP contribution is -2.42. The maximum absolute atomic E-state index is 12.4. The Labute approximate surface area is 167 Å². The lowest BCUT2D eigenvalue weighted by molar-refractivity contribution is -0.143. The topological polar surface area (TPSA) is 80.4 Å². The SMILES string of the molecule is C#Cc1ccc2c(C(C(=O)OC)C(C)NC(=O)OC(C)(C)C)c[nH]c2c1.CC. The maximum atomic E-state index is 12.4. The average Bonchev–Trinajstić information content (AvgIpc) is 3.04. The van der Waals surface area contributed by atoms with Gasteiger partial charge in [0.15, 0.2) is 0 Å². The predicted molar refractivity (Wildman–Crippen MR) is 111 cm³/mol. The van der Waals surface area contributed by atoms with Crippen molar-refractivity contribution in [2.24, 2.45) is 0 Å². The maximum Gasteiger partial charge on any atom is 0.407 e. The highest BCUT2D eigenvalue weighted by molar-refractivity contribution is 5.91. The first-order chi connectivity index (χ1) is 13.2. The molecular weight excluding hydrogens is 356 g/mol. The van der Waals surface area contributed by atoms with Gasteiger partial charge in [-0.1, -0.05) is 25.8 Å². The van der Waals surface area contributed by atoms with Crippen LogP contribution in [0.4, 0.5) is 4.79 Å². The number of rotatable bonds is 4. The number of aromatic nitrogens is 1. The fourth-order valence-corrected chi connectivity index (χ4v) is 2.80. The van der Waals surface area contributed by atoms with E-state index in [1.807, 2.05) is 26.0 Å². The Morgan fingerprint density at radius 3 is 2.43 bits per heavy atom. The summed E-state index contributed by atoms with van der Waals surface area (Å²) < 4.78 is 10.2. The second-order valence-corrected chi connectivity index (χ2v) is 7.08. The molecule has 0 bridgehead atoms. The summed E-state index contributed by atoms with van der Waals surface area (Å²) in [4.78, 5) is 27.6. The molecule has 152 valence electrons. The number of nitrogens with one attached hydrogen (secondary N) is 2. The van der Waals surface area contributed by atoms with Crippen molar-refractivity contribution in [2.45, 2.75) is 59.1 Å². The first-order valence-corrected chi connectivity index (χ1v) is 9.31. The Morgan fingerprint density at radius 1 is 1.25 bits per heavy atom. The second kappa shape index (κ2) is 9.84. The van der Waals surface area contributed by atoms with Crippen LogP contribution in [-0.4, -0.2) is 35.8 Å². The van der Waals surface area contributed by atoms with Crippen molar-refractivity contribution >= 4 is 23.0 Å². The van der Waals surface area contributed by atoms with Crippen LogP contribution in [0.5, 0.6) is 0 Å². The zero-order chi connectivity index (χ0) is 21.5. The molecule has 1 aromatic carbocycles. The number of methoxy groups -OCH3 is 1. The molecule has 0 spiro atoms. The minimum absolute atomic E-state index is 0.449. The Hall–Kier alpha value is -2.94. The van der Waals surface area contributed by atoms with Gasteiger partial charge in [-0.3, -0.25) is 4.79 Å². The molecule has 1 aromatic heterocycles. The molecule has 2 atom stereocenters. The monoisotopic (exact) mass is 386 g/mol. The Balaban J connectivity index is 0.00000190. The quantitative estimate of drug-likeness (QED) is 0.605. The third-order valence-corrected chi connectivity index (χ3v) is 3.91. The van der Waals surface area contributed by atoms with Crippen LogP contribution in [-0.2, 0) is 14.3 Å². The van der Waals surface area contributed by atoms with Crippen LogP contribution in [0.1, 0.15) is 58.6 Å². The lowest BCUT2D eigenvalue weighted by Gasteiger charge is -2.25. The molecule has 0 aliphatic rings. The molecule has 0 saturated heterocycles. The summed E-state index contributed by atoms with van der Waals surface area (Å²) in [5.41, 5.74) is 1.64. The van der Waals surface area contributed by atoms with Gasteiger partial charge in [-0.25, -0.2) is 4.79 Å². The van der Waals surface area contributed by atoms with Crippen LogP contribution in [0.15, 0.2) is 24.4 Å². The molecule has 0 aliphatic heterocycles. The van der Waals surface area contributed by atoms with Gasteiger partial charge in [-0.15, -0.1) is 6.42 Å². The number of ether oxygens (including phenoxy) is 2. The molecule has 6 heteroatoms. The summed E-state index contributed by atoms with van der Waals surface area (Å²) in [6.07, 6.45) is 6.58. The summed E-state index contributed by atoms with van der Waals surface area (Å²) in [7, 11) is 1.32. The van der Waals surface area contributed by atoms with Gasteiger partial charge in [-0.05, 0) is 45.4 Å². The molecule has 6 nitrogen and oxygen atoms in total. The van der Waals surface area contributed by atoms with Gasteiger partial charge in [0.2, 0.25) is 0 Å². The Morgan fingerprint density at radius 2 is 1.89 bits per heavy atom. The molecule has 1 heterocycles. The van der Waals surface area contributed by atoms with Gasteiger partial charge in [-0.2, -0.15) is 0 Å². The van der Waals surface area contributed by atoms with Crippen LogP contribution in [0, 0.1) is 12.3 Å². The minimum atomic E-state index is -0.696. The van der Waals surface area contributed by atoms with Crippen LogP contribution in [0.25, 0.3) is 10.9 Å². The number of carbonyl (C=O) groups excluding carboxylic acids is 2. The number of terminal acetylenes is 1. The molecule has 28 heavy (non-hydrogen) atoms. The molecule has 0 fully saturated rings. The third kappa shape index (κ3) is 5.78. The number of hydrogen-bond acceptors (Lipinski definition) is 4. The highest BCUT2D eigenvalue weighted by atomic mass is 16.6. The number of fused-ring (bicyclic) bond motifs is 1. The lowest BCUT2D eigenvalue weighted by atomic mass is 9.92. The number of benzene rings is 1. The smallest absolute Gasteiger partial charge is 0.407 e. The van der Waals surface area contributed by atoms with Crippen molar-refractivity contribution in [1.29, 1.82) is 0 Å². The first kappa shape index (κ1) is 23.1. The van der Waals surface area contributed by atoms with Gasteiger partial charge >= 0.3 is 12.1 Å². The molecular formula is C22H30N2O4. The zero-order valence-corrected chi connectivity index (χ0v) is 17.7. The molecule has 1 amide bonds. The average molecular weight is 386 g/mol. The van der Waals surface area contributed by atoms with Crippen LogP contribution in [0.3, 0.4) is 0 Å². The second-order valence-electron chi connectivity index (χ2n) is 7.08. The normalized spacial score (nSPS) is 12.8. The highest BCUT2D eigenvalue weighted by Crippen LogP contribution is 2.30. The van der Waals surface area contributed by atoms with Gasteiger partial charge in [0.1, 0.15) is 11.5 Å². The van der Waals surface area contributed by atoms with E-state index in [-0.39, 0.29) is 0 Å². The van der Waals surface area contributed by atoms with E-state index in [0.717, 1.165) is 22.0 Å². The van der Waals surface area contributed by atoms with Crippen molar-refractivity contribution in [3.8, 4) is 12.3 Å². The number of amides is 1. The van der Waals surface area contributed by atoms with E-state index in [1.54, 1.807) is 40.0 Å². The molecule has 2 N–H and O–H groups in total. The number of aromatic amines is 1. The van der Waals surface area contributed by atoms with E-state index in [2.05, 4.69) is 16.2 Å². The molecule has 2 unspecified atom stereocenters. The Kier molecular flexibility index (Phi) is 8.12. The number of H-pyrrole nitrogens is 1. The minimum Gasteiger partial charge on any atom is -0.468 e. The van der Waals surface area contributed by atoms with Crippen molar-refractivity contribution in [3.05, 3.63) is 35.5 Å². The van der Waals surface area contributed by atoms with Gasteiger partial charge < -0.3 is 19.8 Å².